The predicted octanol–water partition coefficient (Wildman–Crippen LogP) is 2.77. The summed E-state index contributed by atoms with van der Waals surface area (Å²) in [4.78, 5) is 15.9. The highest BCUT2D eigenvalue weighted by Crippen LogP contribution is 2.45. The lowest BCUT2D eigenvalue weighted by Gasteiger charge is -2.40. The Morgan fingerprint density at radius 3 is 2.43 bits per heavy atom. The molecule has 2 heterocycles. The van der Waals surface area contributed by atoms with Crippen molar-refractivity contribution in [3.63, 3.8) is 0 Å². The van der Waals surface area contributed by atoms with Crippen LogP contribution in [0.4, 0.5) is 13.2 Å². The summed E-state index contributed by atoms with van der Waals surface area (Å²) >= 11 is 0. The van der Waals surface area contributed by atoms with Gasteiger partial charge in [-0.25, -0.2) is 0 Å². The summed E-state index contributed by atoms with van der Waals surface area (Å²) in [6.07, 6.45) is -2.19. The normalized spacial score (nSPS) is 18.8. The average molecular weight is 504 g/mol. The Morgan fingerprint density at radius 2 is 1.86 bits per heavy atom. The maximum absolute atomic E-state index is 12.9. The fraction of sp³-hybridized carbons (Fsp3) is 0.833. The van der Waals surface area contributed by atoms with Gasteiger partial charge >= 0.3 is 6.18 Å². The largest absolute Gasteiger partial charge is 0.397 e. The van der Waals surface area contributed by atoms with Crippen molar-refractivity contribution in [1.82, 2.24) is 24.9 Å². The maximum atomic E-state index is 12.9. The van der Waals surface area contributed by atoms with Gasteiger partial charge in [-0.2, -0.15) is 18.3 Å². The van der Waals surface area contributed by atoms with Crippen LogP contribution in [0.15, 0.2) is 0 Å². The summed E-state index contributed by atoms with van der Waals surface area (Å²) in [5, 5.41) is 8.05. The molecule has 1 aliphatic carbocycles. The highest BCUT2D eigenvalue weighted by molar-refractivity contribution is 5.77. The molecule has 0 aromatic carbocycles. The first-order chi connectivity index (χ1) is 16.6. The minimum absolute atomic E-state index is 0.0221. The first-order valence-electron chi connectivity index (χ1n) is 12.4. The van der Waals surface area contributed by atoms with Gasteiger partial charge in [0.1, 0.15) is 6.42 Å². The van der Waals surface area contributed by atoms with Crippen LogP contribution in [0.25, 0.3) is 0 Å². The molecule has 0 bridgehead atoms. The van der Waals surface area contributed by atoms with Crippen LogP contribution in [0.5, 0.6) is 0 Å². The van der Waals surface area contributed by atoms with Crippen LogP contribution in [0.1, 0.15) is 55.0 Å². The van der Waals surface area contributed by atoms with Gasteiger partial charge < -0.3 is 19.7 Å². The number of carbonyl (C=O) groups excluding carboxylic acids is 1. The van der Waals surface area contributed by atoms with Crippen molar-refractivity contribution in [2.45, 2.75) is 63.8 Å². The molecule has 0 atom stereocenters. The van der Waals surface area contributed by atoms with Gasteiger partial charge in [-0.3, -0.25) is 14.4 Å². The second-order valence-corrected chi connectivity index (χ2v) is 10.1. The number of amides is 1. The number of halogens is 3. The Labute approximate surface area is 206 Å². The number of nitrogens with zero attached hydrogens (tertiary/aromatic N) is 4. The lowest BCUT2D eigenvalue weighted by atomic mass is 9.69. The molecule has 2 aliphatic rings. The minimum atomic E-state index is -4.51. The second-order valence-electron chi connectivity index (χ2n) is 10.1. The minimum Gasteiger partial charge on any atom is -0.384 e. The van der Waals surface area contributed by atoms with Crippen LogP contribution in [-0.2, 0) is 33.9 Å². The molecule has 0 unspecified atom stereocenters. The standard InChI is InChI=1S/C24H40F3N5O3/c1-28-9-10-30(2)14-19-22(18-5-7-23(8-6-18,16-34-3)17-35-4)20-15-31(11-12-32(20)29-19)21(33)13-24(25,26)27/h18,28H,5-17H2,1-4H3. The van der Waals surface area contributed by atoms with Crippen molar-refractivity contribution in [3.8, 4) is 0 Å². The molecule has 3 rings (SSSR count). The van der Waals surface area contributed by atoms with Crippen molar-refractivity contribution >= 4 is 5.91 Å². The third kappa shape index (κ3) is 7.18. The number of aromatic nitrogens is 2. The van der Waals surface area contributed by atoms with Gasteiger partial charge in [-0.15, -0.1) is 0 Å². The molecule has 1 N–H and O–H groups in total. The third-order valence-corrected chi connectivity index (χ3v) is 7.32. The molecule has 35 heavy (non-hydrogen) atoms. The van der Waals surface area contributed by atoms with Crippen LogP contribution in [0.3, 0.4) is 0 Å². The molecule has 8 nitrogen and oxygen atoms in total. The summed E-state index contributed by atoms with van der Waals surface area (Å²) < 4.78 is 51.6. The molecule has 0 radical (unpaired) electrons. The van der Waals surface area contributed by atoms with Crippen molar-refractivity contribution in [2.75, 3.05) is 61.2 Å². The summed E-state index contributed by atoms with van der Waals surface area (Å²) in [5.41, 5.74) is 2.96. The van der Waals surface area contributed by atoms with E-state index in [2.05, 4.69) is 10.2 Å². The first-order valence-corrected chi connectivity index (χ1v) is 12.4. The van der Waals surface area contributed by atoms with Gasteiger partial charge in [0.15, 0.2) is 0 Å². The smallest absolute Gasteiger partial charge is 0.384 e. The number of hydrogen-bond donors (Lipinski definition) is 1. The quantitative estimate of drug-likeness (QED) is 0.501. The van der Waals surface area contributed by atoms with Gasteiger partial charge in [0.2, 0.25) is 5.91 Å². The van der Waals surface area contributed by atoms with Gasteiger partial charge in [-0.1, -0.05) is 0 Å². The monoisotopic (exact) mass is 503 g/mol. The zero-order valence-electron chi connectivity index (χ0n) is 21.4. The van der Waals surface area contributed by atoms with E-state index in [-0.39, 0.29) is 24.4 Å². The van der Waals surface area contributed by atoms with Crippen molar-refractivity contribution in [1.29, 1.82) is 0 Å². The zero-order chi connectivity index (χ0) is 25.6. The number of hydrogen-bond acceptors (Lipinski definition) is 6. The van der Waals surface area contributed by atoms with Crippen LogP contribution in [0.2, 0.25) is 0 Å². The number of likely N-dealkylation sites (N-methyl/N-ethyl adjacent to an activating group) is 2. The van der Waals surface area contributed by atoms with Gasteiger partial charge in [0.25, 0.3) is 0 Å². The Bertz CT molecular complexity index is 829. The van der Waals surface area contributed by atoms with Crippen molar-refractivity contribution in [2.24, 2.45) is 5.41 Å². The Morgan fingerprint density at radius 1 is 1.20 bits per heavy atom. The molecule has 11 heteroatoms. The molecule has 1 aromatic rings. The van der Waals surface area contributed by atoms with Crippen molar-refractivity contribution in [3.05, 3.63) is 17.0 Å². The van der Waals surface area contributed by atoms with E-state index >= 15 is 0 Å². The molecule has 1 amide bonds. The Balaban J connectivity index is 1.86. The molecule has 0 spiro atoms. The summed E-state index contributed by atoms with van der Waals surface area (Å²) in [6, 6.07) is 0. The Hall–Kier alpha value is -1.69. The number of carbonyl (C=O) groups is 1. The summed E-state index contributed by atoms with van der Waals surface area (Å²) in [5.74, 6) is -0.627. The third-order valence-electron chi connectivity index (χ3n) is 7.32. The highest BCUT2D eigenvalue weighted by atomic mass is 19.4. The van der Waals surface area contributed by atoms with Crippen LogP contribution >= 0.6 is 0 Å². The van der Waals surface area contributed by atoms with Crippen LogP contribution in [0, 0.1) is 5.41 Å². The molecular weight excluding hydrogens is 463 g/mol. The molecule has 1 aliphatic heterocycles. The molecule has 1 saturated carbocycles. The number of methoxy groups -OCH3 is 2. The van der Waals surface area contributed by atoms with E-state index in [0.717, 1.165) is 55.7 Å². The second kappa shape index (κ2) is 12.0. The molecule has 200 valence electrons. The van der Waals surface area contributed by atoms with E-state index in [1.54, 1.807) is 14.2 Å². The lowest BCUT2D eigenvalue weighted by Crippen LogP contribution is -2.40. The van der Waals surface area contributed by atoms with Crippen LogP contribution < -0.4 is 5.32 Å². The van der Waals surface area contributed by atoms with Gasteiger partial charge in [0.05, 0.1) is 37.7 Å². The summed E-state index contributed by atoms with van der Waals surface area (Å²) in [7, 11) is 7.38. The van der Waals surface area contributed by atoms with Gasteiger partial charge in [0, 0.05) is 51.4 Å². The van der Waals surface area contributed by atoms with E-state index in [9.17, 15) is 18.0 Å². The van der Waals surface area contributed by atoms with E-state index in [4.69, 9.17) is 14.6 Å². The number of nitrogens with one attached hydrogen (secondary N) is 1. The molecule has 0 saturated heterocycles. The highest BCUT2D eigenvalue weighted by Gasteiger charge is 2.40. The first kappa shape index (κ1) is 27.9. The Kier molecular flexibility index (Phi) is 9.59. The van der Waals surface area contributed by atoms with Crippen molar-refractivity contribution < 1.29 is 27.4 Å². The molecule has 1 fully saturated rings. The van der Waals surface area contributed by atoms with E-state index in [0.29, 0.717) is 26.3 Å². The van der Waals surface area contributed by atoms with Gasteiger partial charge in [-0.05, 0) is 45.7 Å². The molecule has 1 aromatic heterocycles. The lowest BCUT2D eigenvalue weighted by molar-refractivity contribution is -0.162. The maximum Gasteiger partial charge on any atom is 0.397 e. The average Bonchev–Trinajstić information content (AvgIpc) is 3.14. The summed E-state index contributed by atoms with van der Waals surface area (Å²) in [6.45, 7) is 4.46. The van der Waals surface area contributed by atoms with E-state index in [1.165, 1.54) is 4.90 Å². The predicted molar refractivity (Wildman–Crippen MR) is 126 cm³/mol. The van der Waals surface area contributed by atoms with E-state index < -0.39 is 18.5 Å². The fourth-order valence-corrected chi connectivity index (χ4v) is 5.58. The SMILES string of the molecule is CNCCN(C)Cc1nn2c(c1C1CCC(COC)(COC)CC1)CN(C(=O)CC(F)(F)F)CC2. The number of alkyl halides is 3. The fourth-order valence-electron chi connectivity index (χ4n) is 5.58. The topological polar surface area (TPSA) is 71.9 Å². The number of ether oxygens (including phenoxy) is 2. The van der Waals surface area contributed by atoms with E-state index in [1.807, 2.05) is 18.8 Å². The number of rotatable bonds is 11. The number of fused-ring (bicyclic) bond motifs is 1. The molecular formula is C24H40F3N5O3. The zero-order valence-corrected chi connectivity index (χ0v) is 21.4. The van der Waals surface area contributed by atoms with Crippen LogP contribution in [-0.4, -0.2) is 92.8 Å².